The third-order valence-corrected chi connectivity index (χ3v) is 2.54. The van der Waals surface area contributed by atoms with E-state index in [1.807, 2.05) is 6.92 Å². The predicted molar refractivity (Wildman–Crippen MR) is 64.1 cm³/mol. The molecule has 0 bridgehead atoms. The largest absolute Gasteiger partial charge is 0.151 e. The van der Waals surface area contributed by atoms with Crippen molar-refractivity contribution in [1.82, 2.24) is 0 Å². The number of nitrogens with zero attached hydrogens (tertiary/aromatic N) is 1. The van der Waals surface area contributed by atoms with Gasteiger partial charge in [-0.25, -0.2) is 0 Å². The van der Waals surface area contributed by atoms with Crippen LogP contribution < -0.4 is 0 Å². The summed E-state index contributed by atoms with van der Waals surface area (Å²) in [5, 5.41) is 2.93. The van der Waals surface area contributed by atoms with Crippen LogP contribution in [0.3, 0.4) is 0 Å². The van der Waals surface area contributed by atoms with Crippen molar-refractivity contribution in [2.45, 2.75) is 33.1 Å². The Balaban J connectivity index is 2.67. The molecule has 1 aromatic carbocycles. The first-order valence-corrected chi connectivity index (χ1v) is 5.51. The lowest BCUT2D eigenvalue weighted by atomic mass is 9.97. The number of rotatable bonds is 5. The Morgan fingerprint density at radius 1 is 1.13 bits per heavy atom. The summed E-state index contributed by atoms with van der Waals surface area (Å²) in [6.45, 7) is 6.82. The van der Waals surface area contributed by atoms with Gasteiger partial charge in [0.25, 0.3) is 0 Å². The summed E-state index contributed by atoms with van der Waals surface area (Å²) in [5.74, 6) is 0.917. The van der Waals surface area contributed by atoms with E-state index in [0.717, 1.165) is 6.42 Å². The van der Waals surface area contributed by atoms with Gasteiger partial charge in [0.1, 0.15) is 0 Å². The molecule has 1 aromatic rings. The minimum atomic E-state index is 0.232. The van der Waals surface area contributed by atoms with E-state index >= 15 is 0 Å². The van der Waals surface area contributed by atoms with E-state index < -0.39 is 0 Å². The molecular formula is C13H19NO. The highest BCUT2D eigenvalue weighted by Gasteiger charge is 2.05. The molecular weight excluding hydrogens is 186 g/mol. The lowest BCUT2D eigenvalue weighted by Crippen LogP contribution is -1.98. The Morgan fingerprint density at radius 2 is 1.73 bits per heavy atom. The van der Waals surface area contributed by atoms with Crippen LogP contribution in [-0.2, 0) is 6.42 Å². The Hall–Kier alpha value is -1.18. The first kappa shape index (κ1) is 11.9. The van der Waals surface area contributed by atoms with Gasteiger partial charge in [0.15, 0.2) is 0 Å². The highest BCUT2D eigenvalue weighted by molar-refractivity contribution is 5.25. The van der Waals surface area contributed by atoms with Gasteiger partial charge in [-0.05, 0) is 23.5 Å². The second-order valence-corrected chi connectivity index (χ2v) is 4.55. The summed E-state index contributed by atoms with van der Waals surface area (Å²) in [5.41, 5.74) is 2.56. The second kappa shape index (κ2) is 5.64. The van der Waals surface area contributed by atoms with Gasteiger partial charge in [0, 0.05) is 5.92 Å². The zero-order valence-electron chi connectivity index (χ0n) is 9.73. The number of nitroso groups, excluding NO2 is 1. The molecule has 0 aromatic heterocycles. The lowest BCUT2D eigenvalue weighted by Gasteiger charge is -2.09. The van der Waals surface area contributed by atoms with Crippen LogP contribution in [0.5, 0.6) is 0 Å². The molecule has 82 valence electrons. The molecule has 0 aliphatic carbocycles. The van der Waals surface area contributed by atoms with Gasteiger partial charge in [-0.3, -0.25) is 0 Å². The monoisotopic (exact) mass is 205 g/mol. The molecule has 0 fully saturated rings. The fraction of sp³-hybridized carbons (Fsp3) is 0.538. The second-order valence-electron chi connectivity index (χ2n) is 4.55. The molecule has 15 heavy (non-hydrogen) atoms. The van der Waals surface area contributed by atoms with Crippen LogP contribution in [0.2, 0.25) is 0 Å². The molecule has 1 atom stereocenters. The summed E-state index contributed by atoms with van der Waals surface area (Å²) < 4.78 is 0. The number of benzene rings is 1. The molecule has 0 aliphatic rings. The maximum Gasteiger partial charge on any atom is 0.0876 e. The van der Waals surface area contributed by atoms with Crippen molar-refractivity contribution in [3.05, 3.63) is 40.3 Å². The molecule has 0 saturated carbocycles. The Bertz CT molecular complexity index is 303. The van der Waals surface area contributed by atoms with E-state index in [0.29, 0.717) is 12.5 Å². The normalized spacial score (nSPS) is 12.8. The molecule has 0 saturated heterocycles. The zero-order chi connectivity index (χ0) is 11.3. The molecule has 0 spiro atoms. The zero-order valence-corrected chi connectivity index (χ0v) is 9.73. The van der Waals surface area contributed by atoms with E-state index in [1.54, 1.807) is 0 Å². The van der Waals surface area contributed by atoms with E-state index in [1.165, 1.54) is 11.1 Å². The summed E-state index contributed by atoms with van der Waals surface area (Å²) in [4.78, 5) is 10.2. The van der Waals surface area contributed by atoms with Gasteiger partial charge >= 0.3 is 0 Å². The molecule has 0 aliphatic heterocycles. The van der Waals surface area contributed by atoms with Gasteiger partial charge < -0.3 is 0 Å². The van der Waals surface area contributed by atoms with Crippen LogP contribution in [0.1, 0.15) is 37.8 Å². The maximum absolute atomic E-state index is 10.2. The first-order chi connectivity index (χ1) is 7.13. The van der Waals surface area contributed by atoms with Crippen LogP contribution in [0.15, 0.2) is 29.4 Å². The Labute approximate surface area is 91.7 Å². The van der Waals surface area contributed by atoms with Crippen molar-refractivity contribution in [1.29, 1.82) is 0 Å². The standard InChI is InChI=1S/C13H19NO/c1-10(2)8-12-4-6-13(7-5-12)11(3)9-14-15/h4-7,10-11H,8-9H2,1-3H3. The Kier molecular flexibility index (Phi) is 4.47. The first-order valence-electron chi connectivity index (χ1n) is 5.51. The van der Waals surface area contributed by atoms with E-state index in [-0.39, 0.29) is 5.92 Å². The molecule has 2 nitrogen and oxygen atoms in total. The minimum absolute atomic E-state index is 0.232. The van der Waals surface area contributed by atoms with Gasteiger partial charge in [0.2, 0.25) is 0 Å². The summed E-state index contributed by atoms with van der Waals surface area (Å²) in [6.07, 6.45) is 1.11. The van der Waals surface area contributed by atoms with Crippen LogP contribution in [0.25, 0.3) is 0 Å². The quantitative estimate of drug-likeness (QED) is 0.673. The molecule has 0 radical (unpaired) electrons. The van der Waals surface area contributed by atoms with Gasteiger partial charge in [0.05, 0.1) is 6.54 Å². The lowest BCUT2D eigenvalue weighted by molar-refractivity contribution is 0.646. The molecule has 0 amide bonds. The Morgan fingerprint density at radius 3 is 2.20 bits per heavy atom. The molecule has 1 unspecified atom stereocenters. The average molecular weight is 205 g/mol. The maximum atomic E-state index is 10.2. The third-order valence-electron chi connectivity index (χ3n) is 2.54. The van der Waals surface area contributed by atoms with Crippen LogP contribution in [0.4, 0.5) is 0 Å². The fourth-order valence-electron chi connectivity index (χ4n) is 1.67. The smallest absolute Gasteiger partial charge is 0.0876 e. The van der Waals surface area contributed by atoms with Crippen molar-refractivity contribution in [3.8, 4) is 0 Å². The predicted octanol–water partition coefficient (Wildman–Crippen LogP) is 3.76. The van der Waals surface area contributed by atoms with Crippen molar-refractivity contribution in [2.24, 2.45) is 11.1 Å². The third kappa shape index (κ3) is 3.82. The van der Waals surface area contributed by atoms with E-state index in [9.17, 15) is 4.91 Å². The molecule has 1 rings (SSSR count). The van der Waals surface area contributed by atoms with E-state index in [2.05, 4.69) is 43.3 Å². The number of hydrogen-bond donors (Lipinski definition) is 0. The van der Waals surface area contributed by atoms with Crippen molar-refractivity contribution >= 4 is 0 Å². The summed E-state index contributed by atoms with van der Waals surface area (Å²) >= 11 is 0. The average Bonchev–Trinajstić information content (AvgIpc) is 2.18. The summed E-state index contributed by atoms with van der Waals surface area (Å²) in [7, 11) is 0. The highest BCUT2D eigenvalue weighted by atomic mass is 16.3. The number of hydrogen-bond acceptors (Lipinski definition) is 2. The van der Waals surface area contributed by atoms with Crippen molar-refractivity contribution in [2.75, 3.05) is 6.54 Å². The highest BCUT2D eigenvalue weighted by Crippen LogP contribution is 2.17. The van der Waals surface area contributed by atoms with Crippen molar-refractivity contribution < 1.29 is 0 Å². The van der Waals surface area contributed by atoms with Crippen LogP contribution in [-0.4, -0.2) is 6.54 Å². The topological polar surface area (TPSA) is 29.4 Å². The fourth-order valence-corrected chi connectivity index (χ4v) is 1.67. The van der Waals surface area contributed by atoms with Crippen LogP contribution >= 0.6 is 0 Å². The molecule has 2 heteroatoms. The van der Waals surface area contributed by atoms with Gasteiger partial charge in [-0.15, -0.1) is 0 Å². The van der Waals surface area contributed by atoms with Gasteiger partial charge in [-0.2, -0.15) is 4.91 Å². The van der Waals surface area contributed by atoms with E-state index in [4.69, 9.17) is 0 Å². The summed E-state index contributed by atoms with van der Waals surface area (Å²) in [6, 6.07) is 8.51. The van der Waals surface area contributed by atoms with Crippen LogP contribution in [0, 0.1) is 10.8 Å². The SMILES string of the molecule is CC(C)Cc1ccc(C(C)CN=O)cc1. The van der Waals surface area contributed by atoms with Gasteiger partial charge in [-0.1, -0.05) is 50.2 Å². The minimum Gasteiger partial charge on any atom is -0.151 e. The molecule has 0 N–H and O–H groups in total. The molecule has 0 heterocycles. The van der Waals surface area contributed by atoms with Crippen molar-refractivity contribution in [3.63, 3.8) is 0 Å².